The third-order valence-corrected chi connectivity index (χ3v) is 3.60. The summed E-state index contributed by atoms with van der Waals surface area (Å²) in [4.78, 5) is 47.8. The second kappa shape index (κ2) is 8.44. The average Bonchev–Trinajstić information content (AvgIpc) is 3.00. The van der Waals surface area contributed by atoms with Gasteiger partial charge in [-0.05, 0) is 19.8 Å². The fourth-order valence-electron chi connectivity index (χ4n) is 2.31. The highest BCUT2D eigenvalue weighted by molar-refractivity contribution is 5.93. The molecule has 10 nitrogen and oxygen atoms in total. The van der Waals surface area contributed by atoms with E-state index in [-0.39, 0.29) is 12.5 Å². The maximum Gasteiger partial charge on any atom is 0.328 e. The summed E-state index contributed by atoms with van der Waals surface area (Å²) in [6.45, 7) is 0.855. The molecule has 3 atom stereocenters. The van der Waals surface area contributed by atoms with Gasteiger partial charge in [-0.15, -0.1) is 0 Å². The SMILES string of the molecule is CC(NC(=O)C1CCCN1C(=O)CN)C(=O)NC(CO)C(=O)O. The average molecular weight is 330 g/mol. The van der Waals surface area contributed by atoms with Gasteiger partial charge in [-0.2, -0.15) is 0 Å². The van der Waals surface area contributed by atoms with Crippen LogP contribution < -0.4 is 16.4 Å². The normalized spacial score (nSPS) is 19.8. The van der Waals surface area contributed by atoms with Crippen LogP contribution in [0.25, 0.3) is 0 Å². The first kappa shape index (κ1) is 18.8. The highest BCUT2D eigenvalue weighted by Crippen LogP contribution is 2.17. The number of hydrogen-bond donors (Lipinski definition) is 5. The minimum Gasteiger partial charge on any atom is -0.480 e. The highest BCUT2D eigenvalue weighted by Gasteiger charge is 2.34. The molecule has 0 spiro atoms. The lowest BCUT2D eigenvalue weighted by molar-refractivity contribution is -0.143. The fourth-order valence-corrected chi connectivity index (χ4v) is 2.31. The van der Waals surface area contributed by atoms with E-state index in [4.69, 9.17) is 15.9 Å². The van der Waals surface area contributed by atoms with Crippen molar-refractivity contribution in [3.63, 3.8) is 0 Å². The van der Waals surface area contributed by atoms with Gasteiger partial charge in [0.25, 0.3) is 0 Å². The number of likely N-dealkylation sites (tertiary alicyclic amines) is 1. The zero-order chi connectivity index (χ0) is 17.6. The standard InChI is InChI=1S/C13H22N4O6/c1-7(11(20)16-8(6-18)13(22)23)15-12(21)9-3-2-4-17(9)10(19)5-14/h7-9,18H,2-6,14H2,1H3,(H,15,21)(H,16,20)(H,22,23). The van der Waals surface area contributed by atoms with E-state index < -0.39 is 42.5 Å². The number of aliphatic hydroxyl groups is 1. The van der Waals surface area contributed by atoms with Gasteiger partial charge in [-0.1, -0.05) is 0 Å². The smallest absolute Gasteiger partial charge is 0.328 e. The lowest BCUT2D eigenvalue weighted by Crippen LogP contribution is -2.55. The molecule has 0 bridgehead atoms. The molecule has 1 fully saturated rings. The molecule has 1 aliphatic rings. The molecule has 3 unspecified atom stereocenters. The molecule has 23 heavy (non-hydrogen) atoms. The van der Waals surface area contributed by atoms with Crippen LogP contribution in [0.5, 0.6) is 0 Å². The molecule has 1 rings (SSSR count). The van der Waals surface area contributed by atoms with E-state index in [0.717, 1.165) is 0 Å². The quantitative estimate of drug-likeness (QED) is 0.332. The van der Waals surface area contributed by atoms with Gasteiger partial charge in [0.05, 0.1) is 13.2 Å². The van der Waals surface area contributed by atoms with E-state index in [0.29, 0.717) is 19.4 Å². The van der Waals surface area contributed by atoms with Crippen LogP contribution in [0.3, 0.4) is 0 Å². The predicted octanol–water partition coefficient (Wildman–Crippen LogP) is -3.00. The van der Waals surface area contributed by atoms with Crippen molar-refractivity contribution in [2.75, 3.05) is 19.7 Å². The first-order valence-corrected chi connectivity index (χ1v) is 7.25. The van der Waals surface area contributed by atoms with Crippen molar-refractivity contribution >= 4 is 23.7 Å². The van der Waals surface area contributed by atoms with Crippen molar-refractivity contribution in [1.82, 2.24) is 15.5 Å². The molecule has 10 heteroatoms. The van der Waals surface area contributed by atoms with Crippen LogP contribution in [0.4, 0.5) is 0 Å². The van der Waals surface area contributed by atoms with Crippen LogP contribution in [0, 0.1) is 0 Å². The van der Waals surface area contributed by atoms with Crippen LogP contribution in [0.2, 0.25) is 0 Å². The van der Waals surface area contributed by atoms with Gasteiger partial charge < -0.3 is 31.5 Å². The predicted molar refractivity (Wildman–Crippen MR) is 78.0 cm³/mol. The van der Waals surface area contributed by atoms with Gasteiger partial charge in [0.1, 0.15) is 18.1 Å². The minimum atomic E-state index is -1.44. The molecule has 0 saturated carbocycles. The van der Waals surface area contributed by atoms with Crippen molar-refractivity contribution in [3.8, 4) is 0 Å². The summed E-state index contributed by atoms with van der Waals surface area (Å²) >= 11 is 0. The zero-order valence-electron chi connectivity index (χ0n) is 12.8. The van der Waals surface area contributed by atoms with E-state index in [1.165, 1.54) is 11.8 Å². The van der Waals surface area contributed by atoms with Crippen molar-refractivity contribution in [1.29, 1.82) is 0 Å². The molecule has 0 radical (unpaired) electrons. The Hall–Kier alpha value is -2.20. The number of carboxylic acid groups (broad SMARTS) is 1. The van der Waals surface area contributed by atoms with E-state index in [2.05, 4.69) is 10.6 Å². The number of rotatable bonds is 7. The Kier molecular flexibility index (Phi) is 6.91. The molecule has 0 aromatic carbocycles. The number of carbonyl (C=O) groups excluding carboxylic acids is 3. The monoisotopic (exact) mass is 330 g/mol. The van der Waals surface area contributed by atoms with Gasteiger partial charge in [0, 0.05) is 6.54 Å². The van der Waals surface area contributed by atoms with Crippen molar-refractivity contribution in [3.05, 3.63) is 0 Å². The molecular formula is C13H22N4O6. The summed E-state index contributed by atoms with van der Waals surface area (Å²) in [6, 6.07) is -3.13. The van der Waals surface area contributed by atoms with Crippen molar-refractivity contribution < 1.29 is 29.4 Å². The number of carboxylic acids is 1. The summed E-state index contributed by atoms with van der Waals surface area (Å²) in [5, 5.41) is 22.2. The maximum absolute atomic E-state index is 12.2. The van der Waals surface area contributed by atoms with Crippen LogP contribution in [0.15, 0.2) is 0 Å². The number of aliphatic hydroxyl groups excluding tert-OH is 1. The summed E-state index contributed by atoms with van der Waals surface area (Å²) < 4.78 is 0. The van der Waals surface area contributed by atoms with Gasteiger partial charge in [0.15, 0.2) is 0 Å². The molecule has 1 heterocycles. The van der Waals surface area contributed by atoms with Gasteiger partial charge in [0.2, 0.25) is 17.7 Å². The largest absolute Gasteiger partial charge is 0.480 e. The molecule has 3 amide bonds. The lowest BCUT2D eigenvalue weighted by Gasteiger charge is -2.25. The number of amides is 3. The number of aliphatic carboxylic acids is 1. The van der Waals surface area contributed by atoms with Crippen molar-refractivity contribution in [2.45, 2.75) is 37.9 Å². The van der Waals surface area contributed by atoms with Gasteiger partial charge in [-0.3, -0.25) is 14.4 Å². The Bertz CT molecular complexity index is 483. The number of nitrogens with two attached hydrogens (primary N) is 1. The van der Waals surface area contributed by atoms with E-state index in [1.54, 1.807) is 0 Å². The Morgan fingerprint density at radius 2 is 1.96 bits per heavy atom. The first-order valence-electron chi connectivity index (χ1n) is 7.25. The first-order chi connectivity index (χ1) is 10.8. The maximum atomic E-state index is 12.2. The Labute approximate surface area is 133 Å². The lowest BCUT2D eigenvalue weighted by atomic mass is 10.2. The zero-order valence-corrected chi connectivity index (χ0v) is 12.8. The Balaban J connectivity index is 2.60. The molecule has 6 N–H and O–H groups in total. The molecule has 130 valence electrons. The molecule has 0 aromatic rings. The topological polar surface area (TPSA) is 162 Å². The fraction of sp³-hybridized carbons (Fsp3) is 0.692. The molecule has 0 aliphatic carbocycles. The number of nitrogens with zero attached hydrogens (tertiary/aromatic N) is 1. The second-order valence-electron chi connectivity index (χ2n) is 5.26. The molecule has 0 aromatic heterocycles. The van der Waals surface area contributed by atoms with E-state index in [9.17, 15) is 19.2 Å². The highest BCUT2D eigenvalue weighted by atomic mass is 16.4. The number of carbonyl (C=O) groups is 4. The summed E-state index contributed by atoms with van der Waals surface area (Å²) in [6.07, 6.45) is 1.14. The third kappa shape index (κ3) is 4.89. The molecular weight excluding hydrogens is 308 g/mol. The number of hydrogen-bond acceptors (Lipinski definition) is 6. The van der Waals surface area contributed by atoms with Crippen molar-refractivity contribution in [2.24, 2.45) is 5.73 Å². The molecule has 1 aliphatic heterocycles. The van der Waals surface area contributed by atoms with E-state index in [1.807, 2.05) is 0 Å². The third-order valence-electron chi connectivity index (χ3n) is 3.60. The number of nitrogens with one attached hydrogen (secondary N) is 2. The summed E-state index contributed by atoms with van der Waals surface area (Å²) in [7, 11) is 0. The summed E-state index contributed by atoms with van der Waals surface area (Å²) in [5.74, 6) is -2.96. The minimum absolute atomic E-state index is 0.198. The van der Waals surface area contributed by atoms with Crippen LogP contribution in [-0.2, 0) is 19.2 Å². The summed E-state index contributed by atoms with van der Waals surface area (Å²) in [5.41, 5.74) is 5.30. The Morgan fingerprint density at radius 3 is 2.48 bits per heavy atom. The van der Waals surface area contributed by atoms with Gasteiger partial charge >= 0.3 is 5.97 Å². The van der Waals surface area contributed by atoms with Crippen LogP contribution in [0.1, 0.15) is 19.8 Å². The Morgan fingerprint density at radius 1 is 1.30 bits per heavy atom. The second-order valence-corrected chi connectivity index (χ2v) is 5.26. The van der Waals surface area contributed by atoms with Crippen LogP contribution >= 0.6 is 0 Å². The van der Waals surface area contributed by atoms with Gasteiger partial charge in [-0.25, -0.2) is 4.79 Å². The van der Waals surface area contributed by atoms with Crippen LogP contribution in [-0.4, -0.2) is 76.6 Å². The molecule has 1 saturated heterocycles. The van der Waals surface area contributed by atoms with E-state index >= 15 is 0 Å².